The largest absolute Gasteiger partial charge is 0.393 e. The quantitative estimate of drug-likeness (QED) is 0.449. The highest BCUT2D eigenvalue weighted by Crippen LogP contribution is 2.24. The molecule has 1 fully saturated rings. The van der Waals surface area contributed by atoms with E-state index in [4.69, 9.17) is 5.11 Å². The van der Waals surface area contributed by atoms with Crippen LogP contribution in [0, 0.1) is 0 Å². The van der Waals surface area contributed by atoms with E-state index in [9.17, 15) is 15.0 Å². The number of rotatable bonds is 3. The SMILES string of the molecule is O=c1[nH]cnc2c(CN3C[C@@H](O)[C@@](O)(CO)C3)c[nH]c12. The predicted molar refractivity (Wildman–Crippen MR) is 70.0 cm³/mol. The van der Waals surface area contributed by atoms with Gasteiger partial charge in [0.15, 0.2) is 0 Å². The summed E-state index contributed by atoms with van der Waals surface area (Å²) in [6.45, 7) is 0.361. The third kappa shape index (κ3) is 2.02. The van der Waals surface area contributed by atoms with Crippen LogP contribution in [0.25, 0.3) is 11.0 Å². The van der Waals surface area contributed by atoms with Crippen molar-refractivity contribution in [3.63, 3.8) is 0 Å². The number of fused-ring (bicyclic) bond motifs is 1. The predicted octanol–water partition coefficient (Wildman–Crippen LogP) is -1.85. The van der Waals surface area contributed by atoms with E-state index in [0.717, 1.165) is 5.56 Å². The number of hydrogen-bond donors (Lipinski definition) is 5. The van der Waals surface area contributed by atoms with Crippen LogP contribution in [0.2, 0.25) is 0 Å². The molecule has 1 aliphatic heterocycles. The standard InChI is InChI=1S/C12H16N4O4/c17-5-12(20)4-16(3-8(12)18)2-7-1-13-10-9(7)14-6-15-11(10)19/h1,6,8,13,17-18,20H,2-5H2,(H,14,15,19)/t8-,12+/m1/s1. The van der Waals surface area contributed by atoms with Crippen molar-refractivity contribution in [2.24, 2.45) is 0 Å². The fourth-order valence-electron chi connectivity index (χ4n) is 2.61. The van der Waals surface area contributed by atoms with E-state index in [1.807, 2.05) is 4.90 Å². The summed E-state index contributed by atoms with van der Waals surface area (Å²) in [7, 11) is 0. The smallest absolute Gasteiger partial charge is 0.275 e. The van der Waals surface area contributed by atoms with Crippen LogP contribution in [0.1, 0.15) is 5.56 Å². The second kappa shape index (κ2) is 4.67. The van der Waals surface area contributed by atoms with E-state index in [1.54, 1.807) is 6.20 Å². The maximum Gasteiger partial charge on any atom is 0.275 e. The van der Waals surface area contributed by atoms with Crippen molar-refractivity contribution >= 4 is 11.0 Å². The number of nitrogens with one attached hydrogen (secondary N) is 2. The highest BCUT2D eigenvalue weighted by Gasteiger charge is 2.43. The van der Waals surface area contributed by atoms with Gasteiger partial charge in [-0.15, -0.1) is 0 Å². The van der Waals surface area contributed by atoms with Crippen molar-refractivity contribution in [3.05, 3.63) is 28.4 Å². The second-order valence-electron chi connectivity index (χ2n) is 5.22. The van der Waals surface area contributed by atoms with Crippen LogP contribution in [0.5, 0.6) is 0 Å². The summed E-state index contributed by atoms with van der Waals surface area (Å²) in [6.07, 6.45) is 2.04. The summed E-state index contributed by atoms with van der Waals surface area (Å²) in [5.74, 6) is 0. The molecule has 3 heterocycles. The number of hydrogen-bond acceptors (Lipinski definition) is 6. The van der Waals surface area contributed by atoms with Gasteiger partial charge in [0.05, 0.1) is 24.6 Å². The van der Waals surface area contributed by atoms with E-state index >= 15 is 0 Å². The summed E-state index contributed by atoms with van der Waals surface area (Å²) in [6, 6.07) is 0. The number of nitrogens with zero attached hydrogens (tertiary/aromatic N) is 2. The van der Waals surface area contributed by atoms with Gasteiger partial charge in [-0.25, -0.2) is 4.98 Å². The Kier molecular flexibility index (Phi) is 3.09. The molecule has 0 unspecified atom stereocenters. The first-order valence-electron chi connectivity index (χ1n) is 6.31. The van der Waals surface area contributed by atoms with Gasteiger partial charge in [0.2, 0.25) is 0 Å². The van der Waals surface area contributed by atoms with Gasteiger partial charge < -0.3 is 25.3 Å². The molecule has 8 nitrogen and oxygen atoms in total. The van der Waals surface area contributed by atoms with E-state index in [-0.39, 0.29) is 18.6 Å². The zero-order valence-corrected chi connectivity index (χ0v) is 10.7. The summed E-state index contributed by atoms with van der Waals surface area (Å²) < 4.78 is 0. The van der Waals surface area contributed by atoms with Gasteiger partial charge >= 0.3 is 0 Å². The molecule has 20 heavy (non-hydrogen) atoms. The van der Waals surface area contributed by atoms with E-state index in [0.29, 0.717) is 17.6 Å². The summed E-state index contributed by atoms with van der Waals surface area (Å²) in [5, 5.41) is 28.9. The molecule has 0 saturated carbocycles. The van der Waals surface area contributed by atoms with Crippen molar-refractivity contribution in [1.29, 1.82) is 0 Å². The normalized spacial score (nSPS) is 27.4. The first-order chi connectivity index (χ1) is 9.53. The Labute approximate surface area is 113 Å². The van der Waals surface area contributed by atoms with Crippen LogP contribution in [0.4, 0.5) is 0 Å². The minimum Gasteiger partial charge on any atom is -0.393 e. The Balaban J connectivity index is 1.85. The maximum atomic E-state index is 11.6. The number of aromatic nitrogens is 3. The molecule has 5 N–H and O–H groups in total. The molecule has 2 atom stereocenters. The number of H-pyrrole nitrogens is 2. The van der Waals surface area contributed by atoms with Crippen molar-refractivity contribution in [1.82, 2.24) is 19.9 Å². The molecule has 108 valence electrons. The van der Waals surface area contributed by atoms with Gasteiger partial charge in [0.1, 0.15) is 11.1 Å². The van der Waals surface area contributed by atoms with E-state index < -0.39 is 18.3 Å². The lowest BCUT2D eigenvalue weighted by molar-refractivity contribution is -0.0746. The monoisotopic (exact) mass is 280 g/mol. The molecule has 0 bridgehead atoms. The third-order valence-electron chi connectivity index (χ3n) is 3.76. The average molecular weight is 280 g/mol. The number of β-amino-alcohol motifs (C(OH)–C–C–N with tert-alkyl or cyclic N) is 2. The van der Waals surface area contributed by atoms with Crippen LogP contribution in [-0.4, -0.2) is 66.6 Å². The topological polar surface area (TPSA) is 125 Å². The average Bonchev–Trinajstić information content (AvgIpc) is 2.94. The first-order valence-corrected chi connectivity index (χ1v) is 6.31. The zero-order chi connectivity index (χ0) is 14.3. The molecule has 0 aromatic carbocycles. The first kappa shape index (κ1) is 13.3. The Morgan fingerprint density at radius 2 is 2.30 bits per heavy atom. The zero-order valence-electron chi connectivity index (χ0n) is 10.7. The Morgan fingerprint density at radius 3 is 3.00 bits per heavy atom. The lowest BCUT2D eigenvalue weighted by atomic mass is 10.0. The van der Waals surface area contributed by atoms with Gasteiger partial charge in [-0.3, -0.25) is 9.69 Å². The van der Waals surface area contributed by atoms with Crippen molar-refractivity contribution in [2.75, 3.05) is 19.7 Å². The fourth-order valence-corrected chi connectivity index (χ4v) is 2.61. The molecule has 8 heteroatoms. The lowest BCUT2D eigenvalue weighted by Gasteiger charge is -2.22. The van der Waals surface area contributed by atoms with E-state index in [2.05, 4.69) is 15.0 Å². The molecule has 2 aromatic heterocycles. The Hall–Kier alpha value is -1.74. The molecule has 0 amide bonds. The van der Waals surface area contributed by atoms with Gasteiger partial charge in [0, 0.05) is 31.4 Å². The number of aromatic amines is 2. The van der Waals surface area contributed by atoms with Gasteiger partial charge in [-0.2, -0.15) is 0 Å². The lowest BCUT2D eigenvalue weighted by Crippen LogP contribution is -2.45. The van der Waals surface area contributed by atoms with Crippen molar-refractivity contribution < 1.29 is 15.3 Å². The number of aliphatic hydroxyl groups is 3. The van der Waals surface area contributed by atoms with Crippen LogP contribution < -0.4 is 5.56 Å². The minimum atomic E-state index is -1.49. The molecular weight excluding hydrogens is 264 g/mol. The molecular formula is C12H16N4O4. The molecule has 0 spiro atoms. The Bertz CT molecular complexity index is 681. The summed E-state index contributed by atoms with van der Waals surface area (Å²) in [5.41, 5.74) is 0.0502. The Morgan fingerprint density at radius 1 is 1.50 bits per heavy atom. The molecule has 0 radical (unpaired) electrons. The third-order valence-corrected chi connectivity index (χ3v) is 3.76. The van der Waals surface area contributed by atoms with Gasteiger partial charge in [0.25, 0.3) is 5.56 Å². The highest BCUT2D eigenvalue weighted by molar-refractivity contribution is 5.77. The molecule has 2 aromatic rings. The van der Waals surface area contributed by atoms with Crippen LogP contribution in [0.3, 0.4) is 0 Å². The summed E-state index contributed by atoms with van der Waals surface area (Å²) >= 11 is 0. The van der Waals surface area contributed by atoms with Crippen LogP contribution >= 0.6 is 0 Å². The van der Waals surface area contributed by atoms with Crippen molar-refractivity contribution in [3.8, 4) is 0 Å². The molecule has 1 aliphatic rings. The van der Waals surface area contributed by atoms with Gasteiger partial charge in [-0.05, 0) is 0 Å². The van der Waals surface area contributed by atoms with Crippen LogP contribution in [0.15, 0.2) is 17.3 Å². The van der Waals surface area contributed by atoms with Crippen molar-refractivity contribution in [2.45, 2.75) is 18.2 Å². The molecule has 0 aliphatic carbocycles. The number of likely N-dealkylation sites (tertiary alicyclic amines) is 1. The highest BCUT2D eigenvalue weighted by atomic mass is 16.4. The molecule has 1 saturated heterocycles. The second-order valence-corrected chi connectivity index (χ2v) is 5.22. The van der Waals surface area contributed by atoms with E-state index in [1.165, 1.54) is 6.33 Å². The maximum absolute atomic E-state index is 11.6. The minimum absolute atomic E-state index is 0.167. The van der Waals surface area contributed by atoms with Crippen LogP contribution in [-0.2, 0) is 6.54 Å². The number of aliphatic hydroxyl groups excluding tert-OH is 2. The fraction of sp³-hybridized carbons (Fsp3) is 0.500. The molecule has 3 rings (SSSR count). The van der Waals surface area contributed by atoms with Gasteiger partial charge in [-0.1, -0.05) is 0 Å². The summed E-state index contributed by atoms with van der Waals surface area (Å²) in [4.78, 5) is 22.9.